The van der Waals surface area contributed by atoms with Crippen LogP contribution in [-0.4, -0.2) is 39.9 Å². The summed E-state index contributed by atoms with van der Waals surface area (Å²) in [6.45, 7) is 4.33. The smallest absolute Gasteiger partial charge is 0.246 e. The molecule has 9 heteroatoms. The molecule has 0 spiro atoms. The van der Waals surface area contributed by atoms with Gasteiger partial charge in [0.2, 0.25) is 15.9 Å². The molecule has 0 saturated carbocycles. The third kappa shape index (κ3) is 2.29. The van der Waals surface area contributed by atoms with Crippen LogP contribution < -0.4 is 0 Å². The van der Waals surface area contributed by atoms with Crippen molar-refractivity contribution in [3.8, 4) is 0 Å². The lowest BCUT2D eigenvalue weighted by Gasteiger charge is -2.24. The lowest BCUT2D eigenvalue weighted by Crippen LogP contribution is -2.37. The van der Waals surface area contributed by atoms with Gasteiger partial charge in [-0.05, 0) is 26.2 Å². The minimum atomic E-state index is -3.43. The van der Waals surface area contributed by atoms with Gasteiger partial charge in [0, 0.05) is 19.0 Å². The molecule has 0 bridgehead atoms. The Bertz CT molecular complexity index is 843. The highest BCUT2D eigenvalue weighted by Gasteiger charge is 2.57. The second-order valence-corrected chi connectivity index (χ2v) is 8.53. The second kappa shape index (κ2) is 4.88. The number of aromatic nitrogens is 3. The lowest BCUT2D eigenvalue weighted by molar-refractivity contribution is 0.277. The van der Waals surface area contributed by atoms with E-state index >= 15 is 0 Å². The van der Waals surface area contributed by atoms with E-state index in [-0.39, 0.29) is 11.4 Å². The Kier molecular flexibility index (Phi) is 3.14. The van der Waals surface area contributed by atoms with Gasteiger partial charge in [-0.15, -0.1) is 0 Å². The summed E-state index contributed by atoms with van der Waals surface area (Å²) in [5.74, 6) is 1.16. The maximum Gasteiger partial charge on any atom is 0.246 e. The van der Waals surface area contributed by atoms with Crippen molar-refractivity contribution in [2.24, 2.45) is 0 Å². The van der Waals surface area contributed by atoms with Crippen molar-refractivity contribution in [3.63, 3.8) is 0 Å². The number of nitrogens with zero attached hydrogens (tertiary/aromatic N) is 4. The van der Waals surface area contributed by atoms with Crippen molar-refractivity contribution in [3.05, 3.63) is 29.6 Å². The van der Waals surface area contributed by atoms with Crippen LogP contribution in [0.15, 0.2) is 15.2 Å². The van der Waals surface area contributed by atoms with E-state index in [2.05, 4.69) is 15.1 Å². The Morgan fingerprint density at radius 2 is 2.26 bits per heavy atom. The predicted molar refractivity (Wildman–Crippen MR) is 79.0 cm³/mol. The molecule has 0 radical (unpaired) electrons. The first kappa shape index (κ1) is 14.8. The minimum absolute atomic E-state index is 0.177. The molecule has 8 nitrogen and oxygen atoms in total. The van der Waals surface area contributed by atoms with Gasteiger partial charge in [0.05, 0.1) is 12.1 Å². The molecule has 23 heavy (non-hydrogen) atoms. The lowest BCUT2D eigenvalue weighted by atomic mass is 9.94. The van der Waals surface area contributed by atoms with E-state index < -0.39 is 15.3 Å². The zero-order valence-corrected chi connectivity index (χ0v) is 13.8. The fourth-order valence-corrected chi connectivity index (χ4v) is 6.02. The first-order valence-corrected chi connectivity index (χ1v) is 9.14. The molecule has 0 aromatic carbocycles. The van der Waals surface area contributed by atoms with Crippen LogP contribution in [0.4, 0.5) is 0 Å². The molecule has 2 aromatic rings. The highest BCUT2D eigenvalue weighted by Crippen LogP contribution is 2.49. The molecule has 0 N–H and O–H groups in total. The van der Waals surface area contributed by atoms with Crippen molar-refractivity contribution in [2.75, 3.05) is 6.54 Å². The third-order valence-electron chi connectivity index (χ3n) is 4.74. The molecule has 0 aliphatic carbocycles. The SMILES string of the molecule is Cc1nc(Cc2noc(C3CC4(C)CCCN4S3(=O)=O)n2)co1. The number of fused-ring (bicyclic) bond motifs is 1. The number of hydrogen-bond acceptors (Lipinski definition) is 7. The topological polar surface area (TPSA) is 102 Å². The van der Waals surface area contributed by atoms with Crippen molar-refractivity contribution < 1.29 is 17.4 Å². The Hall–Kier alpha value is -1.74. The Labute approximate surface area is 133 Å². The van der Waals surface area contributed by atoms with Crippen LogP contribution in [0, 0.1) is 6.92 Å². The van der Waals surface area contributed by atoms with E-state index in [0.29, 0.717) is 36.8 Å². The molecular formula is C14H18N4O4S. The van der Waals surface area contributed by atoms with E-state index in [0.717, 1.165) is 12.8 Å². The van der Waals surface area contributed by atoms with E-state index in [1.807, 2.05) is 6.92 Å². The maximum absolute atomic E-state index is 12.7. The van der Waals surface area contributed by atoms with E-state index in [1.165, 1.54) is 6.26 Å². The first-order chi connectivity index (χ1) is 10.9. The number of rotatable bonds is 3. The average molecular weight is 338 g/mol. The van der Waals surface area contributed by atoms with Gasteiger partial charge in [-0.2, -0.15) is 9.29 Å². The average Bonchev–Trinajstić information content (AvgIpc) is 3.20. The van der Waals surface area contributed by atoms with Crippen molar-refractivity contribution in [1.82, 2.24) is 19.4 Å². The van der Waals surface area contributed by atoms with Crippen LogP contribution in [0.3, 0.4) is 0 Å². The highest BCUT2D eigenvalue weighted by molar-refractivity contribution is 7.89. The van der Waals surface area contributed by atoms with Gasteiger partial charge in [-0.25, -0.2) is 13.4 Å². The minimum Gasteiger partial charge on any atom is -0.449 e. The molecular weight excluding hydrogens is 320 g/mol. The molecule has 2 fully saturated rings. The fraction of sp³-hybridized carbons (Fsp3) is 0.643. The molecule has 2 unspecified atom stereocenters. The van der Waals surface area contributed by atoms with E-state index in [4.69, 9.17) is 8.94 Å². The summed E-state index contributed by atoms with van der Waals surface area (Å²) < 4.78 is 37.4. The largest absolute Gasteiger partial charge is 0.449 e. The van der Waals surface area contributed by atoms with Crippen molar-refractivity contribution >= 4 is 10.0 Å². The summed E-state index contributed by atoms with van der Waals surface area (Å²) >= 11 is 0. The predicted octanol–water partition coefficient (Wildman–Crippen LogP) is 1.59. The zero-order valence-electron chi connectivity index (χ0n) is 13.0. The van der Waals surface area contributed by atoms with E-state index in [9.17, 15) is 8.42 Å². The normalized spacial score (nSPS) is 29.9. The van der Waals surface area contributed by atoms with E-state index in [1.54, 1.807) is 11.2 Å². The number of aryl methyl sites for hydroxylation is 1. The Balaban J connectivity index is 1.60. The Morgan fingerprint density at radius 1 is 1.43 bits per heavy atom. The van der Waals surface area contributed by atoms with Gasteiger partial charge in [0.15, 0.2) is 17.0 Å². The van der Waals surface area contributed by atoms with Crippen LogP contribution >= 0.6 is 0 Å². The molecule has 0 amide bonds. The summed E-state index contributed by atoms with van der Waals surface area (Å²) in [6, 6.07) is 0. The van der Waals surface area contributed by atoms with Crippen LogP contribution in [0.5, 0.6) is 0 Å². The second-order valence-electron chi connectivity index (χ2n) is 6.49. The Morgan fingerprint density at radius 3 is 2.96 bits per heavy atom. The summed E-state index contributed by atoms with van der Waals surface area (Å²) in [4.78, 5) is 8.47. The summed E-state index contributed by atoms with van der Waals surface area (Å²) in [5.41, 5.74) is 0.373. The standard InChI is InChI=1S/C14H18N4O4S/c1-9-15-10(8-21-9)6-12-16-13(22-17-12)11-7-14(2)4-3-5-18(14)23(11,19)20/h8,11H,3-7H2,1-2H3. The number of sulfonamides is 1. The molecule has 4 rings (SSSR count). The highest BCUT2D eigenvalue weighted by atomic mass is 32.2. The molecule has 2 aliphatic rings. The summed E-state index contributed by atoms with van der Waals surface area (Å²) in [7, 11) is -3.43. The third-order valence-corrected chi connectivity index (χ3v) is 7.06. The molecule has 2 saturated heterocycles. The van der Waals surface area contributed by atoms with Crippen LogP contribution in [0.1, 0.15) is 54.7 Å². The van der Waals surface area contributed by atoms with Gasteiger partial charge < -0.3 is 8.94 Å². The molecule has 124 valence electrons. The zero-order chi connectivity index (χ0) is 16.2. The van der Waals surface area contributed by atoms with Gasteiger partial charge in [0.1, 0.15) is 6.26 Å². The molecule has 4 heterocycles. The number of oxazole rings is 1. The fourth-order valence-electron chi connectivity index (χ4n) is 3.63. The number of hydrogen-bond donors (Lipinski definition) is 0. The maximum atomic E-state index is 12.7. The van der Waals surface area contributed by atoms with Crippen LogP contribution in [0.2, 0.25) is 0 Å². The monoisotopic (exact) mass is 338 g/mol. The first-order valence-electron chi connectivity index (χ1n) is 7.64. The van der Waals surface area contributed by atoms with Gasteiger partial charge in [-0.1, -0.05) is 5.16 Å². The molecule has 2 aromatic heterocycles. The van der Waals surface area contributed by atoms with Gasteiger partial charge >= 0.3 is 0 Å². The van der Waals surface area contributed by atoms with Crippen molar-refractivity contribution in [2.45, 2.75) is 50.3 Å². The van der Waals surface area contributed by atoms with Crippen LogP contribution in [-0.2, 0) is 16.4 Å². The van der Waals surface area contributed by atoms with Crippen molar-refractivity contribution in [1.29, 1.82) is 0 Å². The molecule has 2 atom stereocenters. The molecule has 2 aliphatic heterocycles. The quantitative estimate of drug-likeness (QED) is 0.837. The van der Waals surface area contributed by atoms with Crippen LogP contribution in [0.25, 0.3) is 0 Å². The summed E-state index contributed by atoms with van der Waals surface area (Å²) in [6.07, 6.45) is 4.18. The van der Waals surface area contributed by atoms with Gasteiger partial charge in [0.25, 0.3) is 0 Å². The summed E-state index contributed by atoms with van der Waals surface area (Å²) in [5, 5.41) is 3.15. The van der Waals surface area contributed by atoms with Gasteiger partial charge in [-0.3, -0.25) is 0 Å².